The van der Waals surface area contributed by atoms with Crippen molar-refractivity contribution in [2.24, 2.45) is 0 Å². The van der Waals surface area contributed by atoms with Gasteiger partial charge in [0.15, 0.2) is 0 Å². The van der Waals surface area contributed by atoms with Crippen LogP contribution in [-0.2, 0) is 4.74 Å². The molecule has 0 aromatic heterocycles. The van der Waals surface area contributed by atoms with Gasteiger partial charge in [0.2, 0.25) is 0 Å². The molecule has 0 bridgehead atoms. The molecule has 4 nitrogen and oxygen atoms in total. The van der Waals surface area contributed by atoms with Crippen LogP contribution in [0.15, 0.2) is 0 Å². The Bertz CT molecular complexity index is 227. The van der Waals surface area contributed by atoms with Gasteiger partial charge < -0.3 is 4.74 Å². The highest BCUT2D eigenvalue weighted by atomic mass is 16.6. The summed E-state index contributed by atoms with van der Waals surface area (Å²) < 4.78 is 5.00. The Balaban J connectivity index is 2.66. The average Bonchev–Trinajstić information content (AvgIpc) is 2.57. The minimum Gasteiger partial charge on any atom is -0.449 e. The van der Waals surface area contributed by atoms with E-state index in [2.05, 4.69) is 26.2 Å². The molecule has 1 amide bonds. The van der Waals surface area contributed by atoms with Crippen LogP contribution in [0.3, 0.4) is 0 Å². The van der Waals surface area contributed by atoms with E-state index in [1.165, 1.54) is 0 Å². The fourth-order valence-electron chi connectivity index (χ4n) is 2.18. The molecule has 1 heterocycles. The van der Waals surface area contributed by atoms with Gasteiger partial charge in [0, 0.05) is 5.54 Å². The number of carbonyl (C=O) groups is 1. The molecule has 0 spiro atoms. The minimum absolute atomic E-state index is 0.0756. The second kappa shape index (κ2) is 4.84. The van der Waals surface area contributed by atoms with Crippen LogP contribution >= 0.6 is 0 Å². The Morgan fingerprint density at radius 2 is 2.07 bits per heavy atom. The van der Waals surface area contributed by atoms with Gasteiger partial charge in [-0.25, -0.2) is 15.2 Å². The maximum atomic E-state index is 11.6. The third-order valence-electron chi connectivity index (χ3n) is 3.30. The number of hydrogen-bond acceptors (Lipinski definition) is 3. The molecule has 1 atom stereocenters. The molecule has 1 aliphatic rings. The molecule has 0 aromatic carbocycles. The zero-order chi connectivity index (χ0) is 11.5. The lowest BCUT2D eigenvalue weighted by Gasteiger charge is -2.27. The number of nitrogens with zero attached hydrogens (tertiary/aromatic N) is 1. The monoisotopic (exact) mass is 214 g/mol. The number of nitrogens with one attached hydrogen (secondary N) is 1. The maximum Gasteiger partial charge on any atom is 0.424 e. The van der Waals surface area contributed by atoms with Gasteiger partial charge in [0.1, 0.15) is 0 Å². The molecule has 1 unspecified atom stereocenters. The van der Waals surface area contributed by atoms with Crippen LogP contribution in [0.5, 0.6) is 0 Å². The van der Waals surface area contributed by atoms with Crippen molar-refractivity contribution in [3.8, 4) is 0 Å². The van der Waals surface area contributed by atoms with E-state index in [0.29, 0.717) is 6.61 Å². The van der Waals surface area contributed by atoms with Crippen LogP contribution in [0.2, 0.25) is 0 Å². The molecule has 4 heteroatoms. The smallest absolute Gasteiger partial charge is 0.424 e. The van der Waals surface area contributed by atoms with Gasteiger partial charge in [-0.3, -0.25) is 0 Å². The summed E-state index contributed by atoms with van der Waals surface area (Å²) in [6, 6.07) is 0.212. The highest BCUT2D eigenvalue weighted by molar-refractivity contribution is 5.67. The summed E-state index contributed by atoms with van der Waals surface area (Å²) in [6.07, 6.45) is 2.81. The van der Waals surface area contributed by atoms with E-state index in [0.717, 1.165) is 19.3 Å². The molecule has 0 saturated carbocycles. The van der Waals surface area contributed by atoms with Crippen molar-refractivity contribution in [2.75, 3.05) is 6.61 Å². The van der Waals surface area contributed by atoms with Crippen molar-refractivity contribution in [1.82, 2.24) is 10.4 Å². The van der Waals surface area contributed by atoms with Gasteiger partial charge in [-0.2, -0.15) is 0 Å². The standard InChI is InChI=1S/C11H22N2O2/c1-5-11(6-2)8-9(4)13(12-11)10(14)15-7-3/h9,12H,5-8H2,1-4H3. The number of ether oxygens (including phenoxy) is 1. The molecular weight excluding hydrogens is 192 g/mol. The van der Waals surface area contributed by atoms with Crippen molar-refractivity contribution in [3.63, 3.8) is 0 Å². The molecule has 88 valence electrons. The van der Waals surface area contributed by atoms with Gasteiger partial charge in [-0.1, -0.05) is 13.8 Å². The predicted octanol–water partition coefficient (Wildman–Crippen LogP) is 2.30. The Morgan fingerprint density at radius 1 is 1.47 bits per heavy atom. The van der Waals surface area contributed by atoms with E-state index < -0.39 is 0 Å². The second-order valence-electron chi connectivity index (χ2n) is 4.22. The Kier molecular flexibility index (Phi) is 3.97. The van der Waals surface area contributed by atoms with Crippen LogP contribution in [0, 0.1) is 0 Å². The van der Waals surface area contributed by atoms with Crippen LogP contribution in [-0.4, -0.2) is 29.3 Å². The van der Waals surface area contributed by atoms with E-state index in [-0.39, 0.29) is 17.7 Å². The van der Waals surface area contributed by atoms with Crippen LogP contribution < -0.4 is 5.43 Å². The summed E-state index contributed by atoms with van der Waals surface area (Å²) >= 11 is 0. The topological polar surface area (TPSA) is 41.6 Å². The van der Waals surface area contributed by atoms with Crippen molar-refractivity contribution in [3.05, 3.63) is 0 Å². The summed E-state index contributed by atoms with van der Waals surface area (Å²) in [6.45, 7) is 8.60. The zero-order valence-corrected chi connectivity index (χ0v) is 10.2. The first-order valence-corrected chi connectivity index (χ1v) is 5.82. The lowest BCUT2D eigenvalue weighted by molar-refractivity contribution is 0.0789. The quantitative estimate of drug-likeness (QED) is 0.783. The molecule has 1 N–H and O–H groups in total. The molecule has 0 aromatic rings. The summed E-state index contributed by atoms with van der Waals surface area (Å²) in [5, 5.41) is 1.64. The van der Waals surface area contributed by atoms with E-state index in [1.54, 1.807) is 5.01 Å². The van der Waals surface area contributed by atoms with Crippen molar-refractivity contribution >= 4 is 6.09 Å². The fraction of sp³-hybridized carbons (Fsp3) is 0.909. The largest absolute Gasteiger partial charge is 0.449 e. The predicted molar refractivity (Wildman–Crippen MR) is 59.4 cm³/mol. The van der Waals surface area contributed by atoms with Gasteiger partial charge in [0.25, 0.3) is 0 Å². The van der Waals surface area contributed by atoms with E-state index >= 15 is 0 Å². The number of rotatable bonds is 3. The van der Waals surface area contributed by atoms with E-state index in [1.807, 2.05) is 6.92 Å². The molecule has 1 fully saturated rings. The first-order valence-electron chi connectivity index (χ1n) is 5.82. The summed E-state index contributed by atoms with van der Waals surface area (Å²) in [5.74, 6) is 0. The summed E-state index contributed by atoms with van der Waals surface area (Å²) in [7, 11) is 0. The Morgan fingerprint density at radius 3 is 2.47 bits per heavy atom. The van der Waals surface area contributed by atoms with Crippen LogP contribution in [0.4, 0.5) is 4.79 Å². The molecule has 15 heavy (non-hydrogen) atoms. The first-order chi connectivity index (χ1) is 7.08. The highest BCUT2D eigenvalue weighted by Crippen LogP contribution is 2.30. The van der Waals surface area contributed by atoms with Crippen LogP contribution in [0.1, 0.15) is 47.0 Å². The lowest BCUT2D eigenvalue weighted by atomic mass is 9.89. The van der Waals surface area contributed by atoms with Crippen LogP contribution in [0.25, 0.3) is 0 Å². The SMILES string of the molecule is CCOC(=O)N1NC(CC)(CC)CC1C. The maximum absolute atomic E-state index is 11.6. The minimum atomic E-state index is -0.256. The first kappa shape index (κ1) is 12.3. The third-order valence-corrected chi connectivity index (χ3v) is 3.30. The molecule has 1 rings (SSSR count). The van der Waals surface area contributed by atoms with Crippen molar-refractivity contribution in [2.45, 2.75) is 58.5 Å². The number of amides is 1. The summed E-state index contributed by atoms with van der Waals surface area (Å²) in [4.78, 5) is 11.6. The van der Waals surface area contributed by atoms with Crippen molar-refractivity contribution < 1.29 is 9.53 Å². The molecular formula is C11H22N2O2. The number of hydrogen-bond donors (Lipinski definition) is 1. The highest BCUT2D eigenvalue weighted by Gasteiger charge is 2.41. The normalized spacial score (nSPS) is 24.3. The molecule has 1 aliphatic heterocycles. The number of carbonyl (C=O) groups excluding carboxylic acids is 1. The van der Waals surface area contributed by atoms with E-state index in [4.69, 9.17) is 4.74 Å². The Hall–Kier alpha value is -0.770. The van der Waals surface area contributed by atoms with E-state index in [9.17, 15) is 4.79 Å². The average molecular weight is 214 g/mol. The van der Waals surface area contributed by atoms with Crippen molar-refractivity contribution in [1.29, 1.82) is 0 Å². The lowest BCUT2D eigenvalue weighted by Crippen LogP contribution is -2.48. The number of hydrazine groups is 1. The Labute approximate surface area is 91.9 Å². The van der Waals surface area contributed by atoms with Gasteiger partial charge >= 0.3 is 6.09 Å². The van der Waals surface area contributed by atoms with Gasteiger partial charge in [0.05, 0.1) is 12.6 Å². The zero-order valence-electron chi connectivity index (χ0n) is 10.2. The summed E-state index contributed by atoms with van der Waals surface area (Å²) in [5.41, 5.74) is 3.37. The molecule has 0 aliphatic carbocycles. The third kappa shape index (κ3) is 2.43. The molecule has 0 radical (unpaired) electrons. The molecule has 1 saturated heterocycles. The fourth-order valence-corrected chi connectivity index (χ4v) is 2.18. The second-order valence-corrected chi connectivity index (χ2v) is 4.22. The van der Waals surface area contributed by atoms with Gasteiger partial charge in [-0.15, -0.1) is 0 Å². The van der Waals surface area contributed by atoms with Gasteiger partial charge in [-0.05, 0) is 33.1 Å².